The fourth-order valence-electron chi connectivity index (χ4n) is 1.88. The summed E-state index contributed by atoms with van der Waals surface area (Å²) in [6.07, 6.45) is 1.29. The van der Waals surface area contributed by atoms with Crippen LogP contribution in [0.1, 0.15) is 19.8 Å². The summed E-state index contributed by atoms with van der Waals surface area (Å²) in [6, 6.07) is 7.55. The number of carbonyl (C=O) groups is 2. The Kier molecular flexibility index (Phi) is 5.12. The van der Waals surface area contributed by atoms with E-state index < -0.39 is 11.4 Å². The molecule has 0 spiro atoms. The summed E-state index contributed by atoms with van der Waals surface area (Å²) >= 11 is 1.42. The number of carboxylic acids is 1. The fraction of sp³-hybridized carbons (Fsp3) is 0.467. The van der Waals surface area contributed by atoms with Gasteiger partial charge in [0.05, 0.1) is 17.8 Å². The van der Waals surface area contributed by atoms with Gasteiger partial charge in [0, 0.05) is 11.4 Å². The van der Waals surface area contributed by atoms with Crippen LogP contribution >= 0.6 is 11.8 Å². The van der Waals surface area contributed by atoms with E-state index in [1.165, 1.54) is 11.8 Å². The SMILES string of the molecule is CCOc1ccc(SCC(=O)NCC2(C(=O)O)CC2)cc1. The molecule has 1 amide bonds. The Labute approximate surface area is 128 Å². The number of carbonyl (C=O) groups excluding carboxylic acids is 1. The normalized spacial score (nSPS) is 15.3. The molecular weight excluding hydrogens is 290 g/mol. The highest BCUT2D eigenvalue weighted by Crippen LogP contribution is 2.45. The molecule has 2 N–H and O–H groups in total. The van der Waals surface area contributed by atoms with Gasteiger partial charge >= 0.3 is 5.97 Å². The summed E-state index contributed by atoms with van der Waals surface area (Å²) in [4.78, 5) is 23.7. The number of benzene rings is 1. The molecule has 0 radical (unpaired) electrons. The second kappa shape index (κ2) is 6.85. The molecule has 0 aliphatic heterocycles. The first-order valence-corrected chi connectivity index (χ1v) is 7.90. The number of hydrogen-bond acceptors (Lipinski definition) is 4. The van der Waals surface area contributed by atoms with Gasteiger partial charge in [0.25, 0.3) is 0 Å². The van der Waals surface area contributed by atoms with E-state index >= 15 is 0 Å². The summed E-state index contributed by atoms with van der Waals surface area (Å²) < 4.78 is 5.35. The molecule has 1 aromatic rings. The van der Waals surface area contributed by atoms with E-state index in [0.29, 0.717) is 19.4 Å². The molecular formula is C15H19NO4S. The lowest BCUT2D eigenvalue weighted by molar-refractivity contribution is -0.143. The van der Waals surface area contributed by atoms with E-state index in [0.717, 1.165) is 10.6 Å². The van der Waals surface area contributed by atoms with Crippen LogP contribution in [-0.4, -0.2) is 35.9 Å². The van der Waals surface area contributed by atoms with Gasteiger partial charge in [-0.2, -0.15) is 0 Å². The molecule has 1 aliphatic rings. The van der Waals surface area contributed by atoms with Crippen LogP contribution in [0.15, 0.2) is 29.2 Å². The maximum atomic E-state index is 11.7. The quantitative estimate of drug-likeness (QED) is 0.720. The zero-order valence-corrected chi connectivity index (χ0v) is 12.7. The molecule has 1 aromatic carbocycles. The van der Waals surface area contributed by atoms with Crippen molar-refractivity contribution in [2.75, 3.05) is 18.9 Å². The maximum Gasteiger partial charge on any atom is 0.311 e. The van der Waals surface area contributed by atoms with Crippen LogP contribution in [0.4, 0.5) is 0 Å². The van der Waals surface area contributed by atoms with Gasteiger partial charge < -0.3 is 15.2 Å². The Morgan fingerprint density at radius 2 is 2.00 bits per heavy atom. The molecule has 0 heterocycles. The molecule has 114 valence electrons. The zero-order chi connectivity index (χ0) is 15.3. The van der Waals surface area contributed by atoms with E-state index in [1.807, 2.05) is 31.2 Å². The van der Waals surface area contributed by atoms with Crippen LogP contribution in [0.2, 0.25) is 0 Å². The van der Waals surface area contributed by atoms with Gasteiger partial charge in [0.2, 0.25) is 5.91 Å². The van der Waals surface area contributed by atoms with Crippen LogP contribution < -0.4 is 10.1 Å². The van der Waals surface area contributed by atoms with Crippen molar-refractivity contribution in [1.82, 2.24) is 5.32 Å². The van der Waals surface area contributed by atoms with Crippen molar-refractivity contribution in [2.45, 2.75) is 24.7 Å². The topological polar surface area (TPSA) is 75.6 Å². The second-order valence-corrected chi connectivity index (χ2v) is 6.10. The van der Waals surface area contributed by atoms with Crippen molar-refractivity contribution < 1.29 is 19.4 Å². The van der Waals surface area contributed by atoms with Gasteiger partial charge in [-0.1, -0.05) is 0 Å². The largest absolute Gasteiger partial charge is 0.494 e. The summed E-state index contributed by atoms with van der Waals surface area (Å²) in [7, 11) is 0. The smallest absolute Gasteiger partial charge is 0.311 e. The minimum Gasteiger partial charge on any atom is -0.494 e. The molecule has 0 bridgehead atoms. The van der Waals surface area contributed by atoms with Crippen molar-refractivity contribution in [3.05, 3.63) is 24.3 Å². The van der Waals surface area contributed by atoms with Crippen LogP contribution in [0.25, 0.3) is 0 Å². The summed E-state index contributed by atoms with van der Waals surface area (Å²) in [6.45, 7) is 2.78. The minimum atomic E-state index is -0.818. The maximum absolute atomic E-state index is 11.7. The second-order valence-electron chi connectivity index (χ2n) is 5.06. The van der Waals surface area contributed by atoms with Gasteiger partial charge in [0.15, 0.2) is 0 Å². The third kappa shape index (κ3) is 4.39. The number of amides is 1. The Balaban J connectivity index is 1.72. The molecule has 2 rings (SSSR count). The monoisotopic (exact) mass is 309 g/mol. The lowest BCUT2D eigenvalue weighted by atomic mass is 10.1. The highest BCUT2D eigenvalue weighted by atomic mass is 32.2. The van der Waals surface area contributed by atoms with Gasteiger partial charge in [0.1, 0.15) is 5.75 Å². The van der Waals surface area contributed by atoms with Crippen molar-refractivity contribution in [3.8, 4) is 5.75 Å². The Bertz CT molecular complexity index is 511. The Morgan fingerprint density at radius 3 is 2.52 bits per heavy atom. The summed E-state index contributed by atoms with van der Waals surface area (Å²) in [5, 5.41) is 11.7. The van der Waals surface area contributed by atoms with Crippen molar-refractivity contribution in [1.29, 1.82) is 0 Å². The third-order valence-corrected chi connectivity index (χ3v) is 4.45. The standard InChI is InChI=1S/C15H19NO4S/c1-2-20-11-3-5-12(6-4-11)21-9-13(17)16-10-15(7-8-15)14(18)19/h3-6H,2,7-10H2,1H3,(H,16,17)(H,18,19). The predicted molar refractivity (Wildman–Crippen MR) is 80.6 cm³/mol. The van der Waals surface area contributed by atoms with Gasteiger partial charge in [-0.25, -0.2) is 0 Å². The first kappa shape index (κ1) is 15.7. The molecule has 0 saturated heterocycles. The van der Waals surface area contributed by atoms with Crippen molar-refractivity contribution in [3.63, 3.8) is 0 Å². The van der Waals surface area contributed by atoms with E-state index in [-0.39, 0.29) is 18.2 Å². The molecule has 1 aliphatic carbocycles. The third-order valence-electron chi connectivity index (χ3n) is 3.44. The number of nitrogens with one attached hydrogen (secondary N) is 1. The van der Waals surface area contributed by atoms with Crippen LogP contribution in [-0.2, 0) is 9.59 Å². The summed E-state index contributed by atoms with van der Waals surface area (Å²) in [5.74, 6) is 0.135. The molecule has 0 unspecified atom stereocenters. The molecule has 0 aromatic heterocycles. The van der Waals surface area contributed by atoms with E-state index in [4.69, 9.17) is 9.84 Å². The number of ether oxygens (including phenoxy) is 1. The molecule has 6 heteroatoms. The van der Waals surface area contributed by atoms with Crippen LogP contribution in [0.3, 0.4) is 0 Å². The fourth-order valence-corrected chi connectivity index (χ4v) is 2.61. The van der Waals surface area contributed by atoms with E-state index in [9.17, 15) is 9.59 Å². The number of thioether (sulfide) groups is 1. The number of carboxylic acid groups (broad SMARTS) is 1. The van der Waals surface area contributed by atoms with Gasteiger partial charge in [-0.05, 0) is 44.0 Å². The van der Waals surface area contributed by atoms with E-state index in [2.05, 4.69) is 5.32 Å². The lowest BCUT2D eigenvalue weighted by Crippen LogP contribution is -2.35. The van der Waals surface area contributed by atoms with Gasteiger partial charge in [-0.15, -0.1) is 11.8 Å². The first-order valence-electron chi connectivity index (χ1n) is 6.91. The lowest BCUT2D eigenvalue weighted by Gasteiger charge is -2.11. The number of rotatable bonds is 8. The summed E-state index contributed by atoms with van der Waals surface area (Å²) in [5.41, 5.74) is -0.709. The first-order chi connectivity index (χ1) is 10.1. The number of hydrogen-bond donors (Lipinski definition) is 2. The predicted octanol–water partition coefficient (Wildman–Crippen LogP) is 2.16. The van der Waals surface area contributed by atoms with Crippen LogP contribution in [0, 0.1) is 5.41 Å². The molecule has 1 saturated carbocycles. The number of aliphatic carboxylic acids is 1. The minimum absolute atomic E-state index is 0.138. The van der Waals surface area contributed by atoms with Gasteiger partial charge in [-0.3, -0.25) is 9.59 Å². The average molecular weight is 309 g/mol. The molecule has 0 atom stereocenters. The van der Waals surface area contributed by atoms with Crippen molar-refractivity contribution >= 4 is 23.6 Å². The Hall–Kier alpha value is -1.69. The molecule has 21 heavy (non-hydrogen) atoms. The van der Waals surface area contributed by atoms with Crippen LogP contribution in [0.5, 0.6) is 5.75 Å². The van der Waals surface area contributed by atoms with Crippen molar-refractivity contribution in [2.24, 2.45) is 5.41 Å². The highest BCUT2D eigenvalue weighted by molar-refractivity contribution is 8.00. The zero-order valence-electron chi connectivity index (χ0n) is 11.9. The molecule has 5 nitrogen and oxygen atoms in total. The average Bonchev–Trinajstić information content (AvgIpc) is 3.26. The molecule has 1 fully saturated rings. The Morgan fingerprint density at radius 1 is 1.33 bits per heavy atom. The highest BCUT2D eigenvalue weighted by Gasteiger charge is 2.50. The van der Waals surface area contributed by atoms with E-state index in [1.54, 1.807) is 0 Å².